The summed E-state index contributed by atoms with van der Waals surface area (Å²) >= 11 is 0. The van der Waals surface area contributed by atoms with E-state index in [2.05, 4.69) is 210 Å². The molecule has 10 aromatic rings. The molecule has 2 unspecified atom stereocenters. The Labute approximate surface area is 337 Å². The van der Waals surface area contributed by atoms with Gasteiger partial charge in [-0.05, 0) is 129 Å². The second kappa shape index (κ2) is 11.7. The zero-order valence-electron chi connectivity index (χ0n) is 32.2. The van der Waals surface area contributed by atoms with Crippen molar-refractivity contribution in [3.8, 4) is 33.6 Å². The summed E-state index contributed by atoms with van der Waals surface area (Å²) in [6.07, 6.45) is 5.94. The first-order chi connectivity index (χ1) is 28.7. The molecule has 3 aliphatic rings. The van der Waals surface area contributed by atoms with Gasteiger partial charge in [0.1, 0.15) is 0 Å². The van der Waals surface area contributed by atoms with Crippen molar-refractivity contribution in [1.29, 1.82) is 0 Å². The number of nitrogens with zero attached hydrogens (tertiary/aromatic N) is 2. The van der Waals surface area contributed by atoms with Crippen molar-refractivity contribution in [2.45, 2.75) is 18.8 Å². The normalized spacial score (nSPS) is 17.8. The van der Waals surface area contributed by atoms with Crippen molar-refractivity contribution in [3.05, 3.63) is 222 Å². The number of rotatable bonds is 3. The van der Waals surface area contributed by atoms with Gasteiger partial charge in [0.05, 0.1) is 27.5 Å². The molecule has 2 atom stereocenters. The third-order valence-corrected chi connectivity index (χ3v) is 13.5. The Morgan fingerprint density at radius 1 is 0.431 bits per heavy atom. The lowest BCUT2D eigenvalue weighted by molar-refractivity contribution is 0.731. The van der Waals surface area contributed by atoms with E-state index in [0.29, 0.717) is 5.92 Å². The van der Waals surface area contributed by atoms with Crippen molar-refractivity contribution in [1.82, 2.24) is 9.13 Å². The first-order valence-corrected chi connectivity index (χ1v) is 20.6. The van der Waals surface area contributed by atoms with E-state index in [4.69, 9.17) is 0 Å². The summed E-state index contributed by atoms with van der Waals surface area (Å²) in [5.74, 6) is 0.461. The summed E-state index contributed by atoms with van der Waals surface area (Å²) in [5.41, 5.74) is 20.5. The average molecular weight is 739 g/mol. The minimum absolute atomic E-state index is 0.368. The van der Waals surface area contributed by atoms with Crippen LogP contribution in [0, 0.1) is 5.92 Å². The second-order valence-electron chi connectivity index (χ2n) is 16.4. The molecule has 0 saturated heterocycles. The third kappa shape index (κ3) is 4.06. The highest BCUT2D eigenvalue weighted by atomic mass is 15.0. The van der Waals surface area contributed by atoms with Crippen LogP contribution in [0.2, 0.25) is 0 Å². The highest BCUT2D eigenvalue weighted by Crippen LogP contribution is 2.64. The molecule has 1 spiro atoms. The number of benzene rings is 8. The molecule has 2 heterocycles. The average Bonchev–Trinajstić information content (AvgIpc) is 3.98. The Bertz CT molecular complexity index is 3430. The van der Waals surface area contributed by atoms with Gasteiger partial charge in [-0.2, -0.15) is 0 Å². The molecule has 13 rings (SSSR count). The number of fused-ring (bicyclic) bond motifs is 15. The highest BCUT2D eigenvalue weighted by Gasteiger charge is 2.53. The number of para-hydroxylation sites is 3. The maximum absolute atomic E-state index is 2.56. The van der Waals surface area contributed by atoms with Crippen LogP contribution >= 0.6 is 0 Å². The topological polar surface area (TPSA) is 9.86 Å². The molecule has 2 aromatic heterocycles. The van der Waals surface area contributed by atoms with Crippen LogP contribution in [-0.4, -0.2) is 9.13 Å². The Kier molecular flexibility index (Phi) is 6.45. The van der Waals surface area contributed by atoms with Gasteiger partial charge in [0.2, 0.25) is 0 Å². The lowest BCUT2D eigenvalue weighted by Crippen LogP contribution is -2.27. The first kappa shape index (κ1) is 32.0. The van der Waals surface area contributed by atoms with Gasteiger partial charge in [0.25, 0.3) is 0 Å². The maximum atomic E-state index is 2.56. The predicted molar refractivity (Wildman–Crippen MR) is 242 cm³/mol. The Hall–Kier alpha value is -7.16. The van der Waals surface area contributed by atoms with Gasteiger partial charge < -0.3 is 9.13 Å². The fraction of sp³-hybridized carbons (Fsp3) is 0.0714. The molecular formula is C56H38N2. The van der Waals surface area contributed by atoms with Gasteiger partial charge >= 0.3 is 0 Å². The molecule has 58 heavy (non-hydrogen) atoms. The van der Waals surface area contributed by atoms with Crippen LogP contribution < -0.4 is 0 Å². The molecule has 2 heteroatoms. The van der Waals surface area contributed by atoms with Crippen LogP contribution in [-0.2, 0) is 5.41 Å². The summed E-state index contributed by atoms with van der Waals surface area (Å²) < 4.78 is 4.91. The minimum Gasteiger partial charge on any atom is -0.309 e. The molecule has 2 nitrogen and oxygen atoms in total. The third-order valence-electron chi connectivity index (χ3n) is 13.5. The van der Waals surface area contributed by atoms with Crippen molar-refractivity contribution in [2.24, 2.45) is 5.92 Å². The van der Waals surface area contributed by atoms with Gasteiger partial charge in [0, 0.05) is 32.9 Å². The van der Waals surface area contributed by atoms with E-state index in [1.807, 2.05) is 0 Å². The smallest absolute Gasteiger partial charge is 0.0723 e. The molecule has 0 saturated carbocycles. The van der Waals surface area contributed by atoms with Crippen LogP contribution in [0.3, 0.4) is 0 Å². The Morgan fingerprint density at radius 2 is 1.00 bits per heavy atom. The molecule has 0 N–H and O–H groups in total. The van der Waals surface area contributed by atoms with E-state index in [0.717, 1.165) is 6.42 Å². The van der Waals surface area contributed by atoms with E-state index < -0.39 is 0 Å². The molecule has 0 fully saturated rings. The lowest BCUT2D eigenvalue weighted by Gasteiger charge is -2.32. The Morgan fingerprint density at radius 3 is 1.78 bits per heavy atom. The zero-order chi connectivity index (χ0) is 38.1. The molecule has 0 radical (unpaired) electrons. The molecule has 0 bridgehead atoms. The van der Waals surface area contributed by atoms with E-state index in [9.17, 15) is 0 Å². The molecule has 0 aliphatic heterocycles. The fourth-order valence-electron chi connectivity index (χ4n) is 11.2. The number of allylic oxidation sites excluding steroid dienone is 4. The monoisotopic (exact) mass is 738 g/mol. The van der Waals surface area contributed by atoms with Crippen molar-refractivity contribution < 1.29 is 0 Å². The van der Waals surface area contributed by atoms with Crippen molar-refractivity contribution in [3.63, 3.8) is 0 Å². The van der Waals surface area contributed by atoms with E-state index >= 15 is 0 Å². The number of hydrogen-bond donors (Lipinski definition) is 0. The van der Waals surface area contributed by atoms with Crippen LogP contribution in [0.5, 0.6) is 0 Å². The van der Waals surface area contributed by atoms with Crippen LogP contribution in [0.4, 0.5) is 0 Å². The summed E-state index contributed by atoms with van der Waals surface area (Å²) in [6.45, 7) is 2.41. The maximum Gasteiger partial charge on any atom is 0.0723 e. The van der Waals surface area contributed by atoms with Gasteiger partial charge in [-0.1, -0.05) is 140 Å². The minimum atomic E-state index is -0.368. The van der Waals surface area contributed by atoms with E-state index in [1.54, 1.807) is 0 Å². The largest absolute Gasteiger partial charge is 0.309 e. The van der Waals surface area contributed by atoms with Gasteiger partial charge in [-0.15, -0.1) is 0 Å². The van der Waals surface area contributed by atoms with Crippen molar-refractivity contribution >= 4 is 49.2 Å². The van der Waals surface area contributed by atoms with Crippen LogP contribution in [0.25, 0.3) is 82.8 Å². The van der Waals surface area contributed by atoms with Crippen LogP contribution in [0.1, 0.15) is 35.6 Å². The first-order valence-electron chi connectivity index (χ1n) is 20.6. The van der Waals surface area contributed by atoms with E-state index in [-0.39, 0.29) is 5.41 Å². The summed E-state index contributed by atoms with van der Waals surface area (Å²) in [7, 11) is 0. The second-order valence-corrected chi connectivity index (χ2v) is 16.4. The molecular weight excluding hydrogens is 701 g/mol. The lowest BCUT2D eigenvalue weighted by atomic mass is 9.68. The Balaban J connectivity index is 1.10. The van der Waals surface area contributed by atoms with Gasteiger partial charge in [-0.3, -0.25) is 0 Å². The molecule has 8 aromatic carbocycles. The zero-order valence-corrected chi connectivity index (χ0v) is 32.2. The predicted octanol–water partition coefficient (Wildman–Crippen LogP) is 14.2. The van der Waals surface area contributed by atoms with Crippen molar-refractivity contribution in [2.75, 3.05) is 0 Å². The van der Waals surface area contributed by atoms with Gasteiger partial charge in [0.15, 0.2) is 0 Å². The standard InChI is InChI=1S/C56H38N2/c1-35-15-14-25-49-55(35)43-22-9-12-24-48(43)56(49)47-23-11-8-20-40(47)44-33-46-45-31-36(28-30-52(45)58(54(46)34-50(44)56)39-18-6-3-7-19-39)37-27-29-42-41-21-10-13-26-51(41)57(53(42)32-37)38-16-4-2-5-17-38/h2-14,16-35H,15H2,1H3. The SMILES string of the molecule is CC1CC=CC2=C1c1ccccc1C21c2ccccc2-c2cc3c4cc(-c5ccc6c7ccccc7n(-c7ccccc7)c6c5)ccc4n(-c4ccccc4)c3cc21. The van der Waals surface area contributed by atoms with Crippen LogP contribution in [0.15, 0.2) is 200 Å². The quantitative estimate of drug-likeness (QED) is 0.171. The molecule has 3 aliphatic carbocycles. The fourth-order valence-corrected chi connectivity index (χ4v) is 11.2. The number of hydrogen-bond acceptors (Lipinski definition) is 0. The van der Waals surface area contributed by atoms with Gasteiger partial charge in [-0.25, -0.2) is 0 Å². The van der Waals surface area contributed by atoms with E-state index in [1.165, 1.54) is 111 Å². The number of aromatic nitrogens is 2. The summed E-state index contributed by atoms with van der Waals surface area (Å²) in [5, 5.41) is 5.08. The molecule has 0 amide bonds. The summed E-state index contributed by atoms with van der Waals surface area (Å²) in [6, 6.07) is 68.1. The summed E-state index contributed by atoms with van der Waals surface area (Å²) in [4.78, 5) is 0. The highest BCUT2D eigenvalue weighted by molar-refractivity contribution is 6.14. The molecule has 272 valence electrons.